The van der Waals surface area contributed by atoms with Crippen LogP contribution in [0.4, 0.5) is 0 Å². The Morgan fingerprint density at radius 2 is 1.96 bits per heavy atom. The minimum Gasteiger partial charge on any atom is -0.358 e. The number of piperidine rings is 1. The number of H-pyrrole nitrogens is 1. The molecule has 4 heterocycles. The second kappa shape index (κ2) is 7.09. The van der Waals surface area contributed by atoms with Crippen LogP contribution < -0.4 is 0 Å². The Morgan fingerprint density at radius 1 is 1.07 bits per heavy atom. The highest BCUT2D eigenvalue weighted by molar-refractivity contribution is 7.12. The van der Waals surface area contributed by atoms with Crippen LogP contribution in [-0.2, 0) is 17.8 Å². The number of fused-ring (bicyclic) bond motifs is 3. The van der Waals surface area contributed by atoms with E-state index in [-0.39, 0.29) is 17.9 Å². The predicted molar refractivity (Wildman–Crippen MR) is 110 cm³/mol. The van der Waals surface area contributed by atoms with Gasteiger partial charge in [0.05, 0.1) is 4.88 Å². The molecule has 6 heteroatoms. The van der Waals surface area contributed by atoms with Crippen molar-refractivity contribution in [3.05, 3.63) is 57.9 Å². The van der Waals surface area contributed by atoms with E-state index in [2.05, 4.69) is 17.1 Å². The number of para-hydroxylation sites is 1. The van der Waals surface area contributed by atoms with Gasteiger partial charge in [0, 0.05) is 48.2 Å². The minimum absolute atomic E-state index is 0.00200. The van der Waals surface area contributed by atoms with Gasteiger partial charge in [-0.1, -0.05) is 24.3 Å². The monoisotopic (exact) mass is 393 g/mol. The summed E-state index contributed by atoms with van der Waals surface area (Å²) in [6.45, 7) is 1.99. The number of carbonyl (C=O) groups is 2. The largest absolute Gasteiger partial charge is 0.358 e. The molecule has 1 saturated heterocycles. The van der Waals surface area contributed by atoms with Gasteiger partial charge in [-0.2, -0.15) is 0 Å². The number of aromatic nitrogens is 1. The summed E-state index contributed by atoms with van der Waals surface area (Å²) in [5.74, 6) is 0.0957. The molecule has 0 spiro atoms. The smallest absolute Gasteiger partial charge is 0.264 e. The van der Waals surface area contributed by atoms with Gasteiger partial charge in [0.1, 0.15) is 6.04 Å². The molecule has 2 aliphatic heterocycles. The van der Waals surface area contributed by atoms with Crippen LogP contribution in [0.5, 0.6) is 0 Å². The molecular formula is C22H23N3O2S. The number of aromatic amines is 1. The molecule has 1 aromatic carbocycles. The van der Waals surface area contributed by atoms with Crippen LogP contribution in [0.25, 0.3) is 10.9 Å². The number of amides is 2. The molecule has 1 atom stereocenters. The summed E-state index contributed by atoms with van der Waals surface area (Å²) in [6.07, 6.45) is 3.55. The fourth-order valence-corrected chi connectivity index (χ4v) is 5.22. The molecule has 5 nitrogen and oxygen atoms in total. The number of thiophene rings is 1. The van der Waals surface area contributed by atoms with Crippen LogP contribution in [0.2, 0.25) is 0 Å². The van der Waals surface area contributed by atoms with E-state index in [0.29, 0.717) is 19.6 Å². The van der Waals surface area contributed by atoms with E-state index in [1.165, 1.54) is 28.0 Å². The first-order valence-electron chi connectivity index (χ1n) is 9.94. The zero-order valence-electron chi connectivity index (χ0n) is 15.7. The average molecular weight is 394 g/mol. The molecule has 2 aromatic heterocycles. The summed E-state index contributed by atoms with van der Waals surface area (Å²) in [5, 5.41) is 3.11. The maximum absolute atomic E-state index is 13.4. The molecule has 1 N–H and O–H groups in total. The topological polar surface area (TPSA) is 56.4 Å². The molecule has 0 bridgehead atoms. The van der Waals surface area contributed by atoms with E-state index >= 15 is 0 Å². The van der Waals surface area contributed by atoms with Crippen molar-refractivity contribution in [1.82, 2.24) is 14.8 Å². The Labute approximate surface area is 168 Å². The summed E-state index contributed by atoms with van der Waals surface area (Å²) in [4.78, 5) is 34.4. The standard InChI is InChI=1S/C22H23N3O2S/c26-21(19-8-3-4-11-25(19)22(27)20-9-5-13-28-20)24-12-10-18-16(14-24)15-6-1-2-7-17(15)23-18/h1-2,5-7,9,13,19,23H,3-4,8,10-12,14H2. The second-order valence-electron chi connectivity index (χ2n) is 7.62. The SMILES string of the molecule is O=C(C1CCCCN1C(=O)c1cccs1)N1CCc2[nH]c3ccccc3c2C1. The lowest BCUT2D eigenvalue weighted by Gasteiger charge is -2.38. The van der Waals surface area contributed by atoms with Gasteiger partial charge in [-0.25, -0.2) is 0 Å². The van der Waals surface area contributed by atoms with E-state index in [1.54, 1.807) is 0 Å². The van der Waals surface area contributed by atoms with Gasteiger partial charge in [-0.3, -0.25) is 9.59 Å². The first-order valence-corrected chi connectivity index (χ1v) is 10.8. The van der Waals surface area contributed by atoms with Crippen LogP contribution in [0.1, 0.15) is 40.2 Å². The van der Waals surface area contributed by atoms with Crippen LogP contribution in [0.15, 0.2) is 41.8 Å². The number of likely N-dealkylation sites (tertiary alicyclic amines) is 1. The van der Waals surface area contributed by atoms with Gasteiger partial charge in [0.2, 0.25) is 5.91 Å². The minimum atomic E-state index is -0.338. The molecule has 0 saturated carbocycles. The third-order valence-electron chi connectivity index (χ3n) is 5.98. The number of nitrogens with one attached hydrogen (secondary N) is 1. The first kappa shape index (κ1) is 17.5. The number of hydrogen-bond donors (Lipinski definition) is 1. The number of hydrogen-bond acceptors (Lipinski definition) is 3. The molecule has 2 amide bonds. The van der Waals surface area contributed by atoms with E-state index in [9.17, 15) is 9.59 Å². The number of carbonyl (C=O) groups excluding carboxylic acids is 2. The summed E-state index contributed by atoms with van der Waals surface area (Å²) in [7, 11) is 0. The van der Waals surface area contributed by atoms with Crippen molar-refractivity contribution >= 4 is 34.1 Å². The highest BCUT2D eigenvalue weighted by Crippen LogP contribution is 2.30. The Kier molecular flexibility index (Phi) is 4.43. The van der Waals surface area contributed by atoms with Crippen molar-refractivity contribution in [3.63, 3.8) is 0 Å². The molecule has 2 aliphatic rings. The van der Waals surface area contributed by atoms with Gasteiger partial charge in [-0.05, 0) is 36.8 Å². The van der Waals surface area contributed by atoms with Crippen molar-refractivity contribution in [3.8, 4) is 0 Å². The molecule has 0 aliphatic carbocycles. The van der Waals surface area contributed by atoms with Crippen molar-refractivity contribution < 1.29 is 9.59 Å². The third kappa shape index (κ3) is 2.92. The molecule has 0 radical (unpaired) electrons. The highest BCUT2D eigenvalue weighted by atomic mass is 32.1. The van der Waals surface area contributed by atoms with Crippen LogP contribution >= 0.6 is 11.3 Å². The summed E-state index contributed by atoms with van der Waals surface area (Å²) < 4.78 is 0. The average Bonchev–Trinajstić information content (AvgIpc) is 3.40. The molecule has 5 rings (SSSR count). The van der Waals surface area contributed by atoms with Crippen LogP contribution in [-0.4, -0.2) is 45.7 Å². The number of benzene rings is 1. The normalized spacial score (nSPS) is 19.6. The lowest BCUT2D eigenvalue weighted by atomic mass is 9.98. The highest BCUT2D eigenvalue weighted by Gasteiger charge is 2.36. The Hall–Kier alpha value is -2.60. The first-order chi connectivity index (χ1) is 13.7. The quantitative estimate of drug-likeness (QED) is 0.720. The van der Waals surface area contributed by atoms with Crippen molar-refractivity contribution in [2.24, 2.45) is 0 Å². The van der Waals surface area contributed by atoms with E-state index < -0.39 is 0 Å². The van der Waals surface area contributed by atoms with Crippen LogP contribution in [0, 0.1) is 0 Å². The molecule has 28 heavy (non-hydrogen) atoms. The maximum atomic E-state index is 13.4. The number of nitrogens with zero attached hydrogens (tertiary/aromatic N) is 2. The van der Waals surface area contributed by atoms with Crippen molar-refractivity contribution in [2.45, 2.75) is 38.3 Å². The van der Waals surface area contributed by atoms with Crippen LogP contribution in [0.3, 0.4) is 0 Å². The summed E-state index contributed by atoms with van der Waals surface area (Å²) in [5.41, 5.74) is 3.59. The van der Waals surface area contributed by atoms with Gasteiger partial charge >= 0.3 is 0 Å². The van der Waals surface area contributed by atoms with Gasteiger partial charge in [0.25, 0.3) is 5.91 Å². The summed E-state index contributed by atoms with van der Waals surface area (Å²) >= 11 is 1.45. The van der Waals surface area contributed by atoms with Gasteiger partial charge in [0.15, 0.2) is 0 Å². The Morgan fingerprint density at radius 3 is 2.82 bits per heavy atom. The molecule has 3 aromatic rings. The van der Waals surface area contributed by atoms with Crippen molar-refractivity contribution in [2.75, 3.05) is 13.1 Å². The van der Waals surface area contributed by atoms with E-state index in [4.69, 9.17) is 0 Å². The number of rotatable bonds is 2. The zero-order chi connectivity index (χ0) is 19.1. The van der Waals surface area contributed by atoms with Crippen molar-refractivity contribution in [1.29, 1.82) is 0 Å². The van der Waals surface area contributed by atoms with Gasteiger partial charge < -0.3 is 14.8 Å². The third-order valence-corrected chi connectivity index (χ3v) is 6.83. The molecule has 144 valence electrons. The maximum Gasteiger partial charge on any atom is 0.264 e. The van der Waals surface area contributed by atoms with E-state index in [0.717, 1.165) is 36.1 Å². The Balaban J connectivity index is 1.40. The molecule has 1 fully saturated rings. The Bertz CT molecular complexity index is 1020. The molecule has 1 unspecified atom stereocenters. The fourth-order valence-electron chi connectivity index (χ4n) is 4.54. The zero-order valence-corrected chi connectivity index (χ0v) is 16.5. The predicted octanol–water partition coefficient (Wildman–Crippen LogP) is 3.81. The van der Waals surface area contributed by atoms with Gasteiger partial charge in [-0.15, -0.1) is 11.3 Å². The lowest BCUT2D eigenvalue weighted by Crippen LogP contribution is -2.53. The molecular weight excluding hydrogens is 370 g/mol. The summed E-state index contributed by atoms with van der Waals surface area (Å²) in [6, 6.07) is 11.7. The lowest BCUT2D eigenvalue weighted by molar-refractivity contribution is -0.138. The second-order valence-corrected chi connectivity index (χ2v) is 8.57. The van der Waals surface area contributed by atoms with E-state index in [1.807, 2.05) is 39.4 Å². The fraction of sp³-hybridized carbons (Fsp3) is 0.364.